The van der Waals surface area contributed by atoms with E-state index in [1.54, 1.807) is 28.9 Å². The first-order chi connectivity index (χ1) is 23.0. The van der Waals surface area contributed by atoms with Gasteiger partial charge >= 0.3 is 0 Å². The Balaban J connectivity index is 0.994. The number of fused-ring (bicyclic) bond motifs is 3. The Morgan fingerprint density at radius 3 is 2.77 bits per heavy atom. The molecule has 0 spiro atoms. The number of aromatic nitrogens is 8. The number of halogens is 1. The van der Waals surface area contributed by atoms with Crippen molar-refractivity contribution in [3.63, 3.8) is 0 Å². The summed E-state index contributed by atoms with van der Waals surface area (Å²) in [6.45, 7) is 2.99. The third-order valence-corrected chi connectivity index (χ3v) is 9.29. The van der Waals surface area contributed by atoms with E-state index in [0.717, 1.165) is 27.2 Å². The van der Waals surface area contributed by atoms with Crippen LogP contribution >= 0.6 is 23.4 Å². The zero-order valence-corrected chi connectivity index (χ0v) is 26.4. The van der Waals surface area contributed by atoms with Crippen molar-refractivity contribution in [2.24, 2.45) is 0 Å². The van der Waals surface area contributed by atoms with Gasteiger partial charge < -0.3 is 20.9 Å². The Hall–Kier alpha value is -5.02. The molecule has 0 bridgehead atoms. The van der Waals surface area contributed by atoms with Crippen LogP contribution < -0.4 is 16.2 Å². The SMILES string of the molecule is Nc1nc(C2CN(CCn3nc(Oc4cccc(Cl)c4)c4c(N)ncnc43)CCO2)nc2[nH]nc(Sc3cccc4ccccc34)c12. The fraction of sp³-hybridized carbons (Fsp3) is 0.188. The van der Waals surface area contributed by atoms with Gasteiger partial charge in [-0.2, -0.15) is 5.10 Å². The molecule has 47 heavy (non-hydrogen) atoms. The first-order valence-electron chi connectivity index (χ1n) is 14.9. The molecule has 5 heterocycles. The summed E-state index contributed by atoms with van der Waals surface area (Å²) in [5.41, 5.74) is 13.9. The van der Waals surface area contributed by atoms with Crippen LogP contribution in [0.15, 0.2) is 83.0 Å². The molecule has 13 nitrogen and oxygen atoms in total. The maximum Gasteiger partial charge on any atom is 0.251 e. The van der Waals surface area contributed by atoms with E-state index in [2.05, 4.69) is 59.4 Å². The molecule has 1 unspecified atom stereocenters. The molecule has 0 saturated carbocycles. The lowest BCUT2D eigenvalue weighted by Crippen LogP contribution is -2.40. The first-order valence-corrected chi connectivity index (χ1v) is 16.1. The largest absolute Gasteiger partial charge is 0.437 e. The fourth-order valence-corrected chi connectivity index (χ4v) is 6.94. The Kier molecular flexibility index (Phi) is 7.69. The number of morpholine rings is 1. The van der Waals surface area contributed by atoms with E-state index in [1.165, 1.54) is 18.1 Å². The molecule has 1 aliphatic rings. The summed E-state index contributed by atoms with van der Waals surface area (Å²) in [5, 5.41) is 17.1. The van der Waals surface area contributed by atoms with E-state index in [4.69, 9.17) is 37.5 Å². The fourth-order valence-electron chi connectivity index (χ4n) is 5.72. The van der Waals surface area contributed by atoms with Crippen LogP contribution in [0.25, 0.3) is 32.8 Å². The summed E-state index contributed by atoms with van der Waals surface area (Å²) in [7, 11) is 0. The minimum absolute atomic E-state index is 0.285. The number of H-pyrrole nitrogens is 1. The van der Waals surface area contributed by atoms with Gasteiger partial charge in [-0.05, 0) is 35.0 Å². The normalized spacial score (nSPS) is 15.6. The van der Waals surface area contributed by atoms with Crippen molar-refractivity contribution in [1.82, 2.24) is 44.8 Å². The third kappa shape index (κ3) is 5.76. The molecule has 15 heteroatoms. The standard InChI is InChI=1S/C32H28ClN11O2S/c33-19-7-4-8-20(15-19)46-31-25-26(34)36-17-37-30(25)44(42-31)12-11-43-13-14-45-22(16-43)28-38-27(35)24-29(39-28)40-41-32(24)47-23-10-3-6-18-5-1-2-9-21(18)23/h1-10,15,17,22H,11-14,16H2,(H2,34,36,37)(H3,35,38,39,40,41). The lowest BCUT2D eigenvalue weighted by molar-refractivity contribution is -0.0351. The van der Waals surface area contributed by atoms with Gasteiger partial charge in [0.15, 0.2) is 17.1 Å². The number of nitrogens with zero attached hydrogens (tertiary/aromatic N) is 8. The highest BCUT2D eigenvalue weighted by Gasteiger charge is 2.27. The summed E-state index contributed by atoms with van der Waals surface area (Å²) >= 11 is 7.69. The molecule has 5 N–H and O–H groups in total. The van der Waals surface area contributed by atoms with Crippen molar-refractivity contribution in [3.8, 4) is 11.6 Å². The number of hydrogen-bond acceptors (Lipinski definition) is 12. The first kappa shape index (κ1) is 29.4. The van der Waals surface area contributed by atoms with Crippen LogP contribution in [0.1, 0.15) is 11.9 Å². The minimum atomic E-state index is -0.373. The van der Waals surface area contributed by atoms with Gasteiger partial charge in [-0.15, -0.1) is 5.10 Å². The van der Waals surface area contributed by atoms with Crippen LogP contribution in [0.5, 0.6) is 11.6 Å². The van der Waals surface area contributed by atoms with Crippen molar-refractivity contribution in [1.29, 1.82) is 0 Å². The number of nitrogens with two attached hydrogens (primary N) is 2. The maximum absolute atomic E-state index is 6.53. The summed E-state index contributed by atoms with van der Waals surface area (Å²) < 4.78 is 13.9. The lowest BCUT2D eigenvalue weighted by Gasteiger charge is -2.32. The molecule has 0 radical (unpaired) electrons. The highest BCUT2D eigenvalue weighted by atomic mass is 35.5. The van der Waals surface area contributed by atoms with Crippen molar-refractivity contribution in [3.05, 3.63) is 83.9 Å². The van der Waals surface area contributed by atoms with Crippen LogP contribution in [-0.2, 0) is 11.3 Å². The van der Waals surface area contributed by atoms with Crippen LogP contribution in [0.3, 0.4) is 0 Å². The van der Waals surface area contributed by atoms with Crippen LogP contribution in [-0.4, -0.2) is 71.1 Å². The number of hydrogen-bond donors (Lipinski definition) is 3. The molecular weight excluding hydrogens is 638 g/mol. The molecule has 0 amide bonds. The molecule has 236 valence electrons. The van der Waals surface area contributed by atoms with Gasteiger partial charge in [0.2, 0.25) is 0 Å². The van der Waals surface area contributed by atoms with E-state index in [1.807, 2.05) is 18.2 Å². The number of ether oxygens (including phenoxy) is 2. The molecule has 1 saturated heterocycles. The van der Waals surface area contributed by atoms with E-state index in [0.29, 0.717) is 76.6 Å². The Morgan fingerprint density at radius 2 is 1.85 bits per heavy atom. The van der Waals surface area contributed by atoms with E-state index >= 15 is 0 Å². The summed E-state index contributed by atoms with van der Waals surface area (Å²) in [5.74, 6) is 2.00. The average Bonchev–Trinajstić information content (AvgIpc) is 3.66. The van der Waals surface area contributed by atoms with Crippen molar-refractivity contribution in [2.45, 2.75) is 22.6 Å². The highest BCUT2D eigenvalue weighted by molar-refractivity contribution is 7.99. The van der Waals surface area contributed by atoms with E-state index in [9.17, 15) is 0 Å². The van der Waals surface area contributed by atoms with Crippen molar-refractivity contribution < 1.29 is 9.47 Å². The molecule has 7 aromatic rings. The molecule has 3 aromatic carbocycles. The van der Waals surface area contributed by atoms with E-state index in [-0.39, 0.29) is 11.9 Å². The number of benzene rings is 3. The highest BCUT2D eigenvalue weighted by Crippen LogP contribution is 2.38. The molecule has 4 aromatic heterocycles. The van der Waals surface area contributed by atoms with Gasteiger partial charge in [-0.25, -0.2) is 24.6 Å². The second-order valence-corrected chi connectivity index (χ2v) is 12.5. The van der Waals surface area contributed by atoms with Crippen molar-refractivity contribution >= 4 is 67.8 Å². The van der Waals surface area contributed by atoms with E-state index < -0.39 is 0 Å². The van der Waals surface area contributed by atoms with Gasteiger partial charge in [-0.1, -0.05) is 65.8 Å². The minimum Gasteiger partial charge on any atom is -0.437 e. The van der Waals surface area contributed by atoms with Crippen LogP contribution in [0, 0.1) is 0 Å². The zero-order valence-electron chi connectivity index (χ0n) is 24.9. The smallest absolute Gasteiger partial charge is 0.251 e. The topological polar surface area (TPSA) is 172 Å². The second kappa shape index (κ2) is 12.3. The van der Waals surface area contributed by atoms with Gasteiger partial charge in [0.25, 0.3) is 5.88 Å². The Labute approximate surface area is 277 Å². The molecule has 1 atom stereocenters. The zero-order chi connectivity index (χ0) is 31.9. The number of rotatable bonds is 8. The Morgan fingerprint density at radius 1 is 0.979 bits per heavy atom. The quantitative estimate of drug-likeness (QED) is 0.187. The Bertz CT molecular complexity index is 2250. The number of nitrogen functional groups attached to an aromatic ring is 2. The lowest BCUT2D eigenvalue weighted by atomic mass is 10.1. The molecule has 1 aliphatic heterocycles. The molecular formula is C32H28ClN11O2S. The second-order valence-electron chi connectivity index (χ2n) is 11.0. The van der Waals surface area contributed by atoms with Crippen LogP contribution in [0.4, 0.5) is 11.6 Å². The van der Waals surface area contributed by atoms with Crippen LogP contribution in [0.2, 0.25) is 5.02 Å². The monoisotopic (exact) mass is 665 g/mol. The van der Waals surface area contributed by atoms with Gasteiger partial charge in [0, 0.05) is 29.6 Å². The number of aromatic amines is 1. The van der Waals surface area contributed by atoms with Gasteiger partial charge in [0.1, 0.15) is 40.2 Å². The molecule has 8 rings (SSSR count). The summed E-state index contributed by atoms with van der Waals surface area (Å²) in [6.07, 6.45) is 1.05. The summed E-state index contributed by atoms with van der Waals surface area (Å²) in [6, 6.07) is 21.5. The number of nitrogens with one attached hydrogen (secondary N) is 1. The molecule has 1 fully saturated rings. The summed E-state index contributed by atoms with van der Waals surface area (Å²) in [4.78, 5) is 21.4. The average molecular weight is 666 g/mol. The van der Waals surface area contributed by atoms with Gasteiger partial charge in [0.05, 0.1) is 18.5 Å². The predicted octanol–water partition coefficient (Wildman–Crippen LogP) is 5.48. The maximum atomic E-state index is 6.53. The third-order valence-electron chi connectivity index (χ3n) is 7.99. The molecule has 0 aliphatic carbocycles. The van der Waals surface area contributed by atoms with Gasteiger partial charge in [-0.3, -0.25) is 10.00 Å². The predicted molar refractivity (Wildman–Crippen MR) is 181 cm³/mol. The van der Waals surface area contributed by atoms with Crippen molar-refractivity contribution in [2.75, 3.05) is 37.7 Å². The number of anilines is 2.